The Bertz CT molecular complexity index is 1260. The second kappa shape index (κ2) is 13.3. The number of aliphatic hydroxyl groups is 1. The van der Waals surface area contributed by atoms with Gasteiger partial charge in [-0.3, -0.25) is 9.59 Å². The summed E-state index contributed by atoms with van der Waals surface area (Å²) in [6, 6.07) is 14.6. The first kappa shape index (κ1) is 28.9. The fourth-order valence-corrected chi connectivity index (χ4v) is 4.31. The van der Waals surface area contributed by atoms with E-state index in [1.54, 1.807) is 19.1 Å². The van der Waals surface area contributed by atoms with Crippen LogP contribution in [0.1, 0.15) is 52.4 Å². The van der Waals surface area contributed by atoms with Crippen LogP contribution in [0.3, 0.4) is 0 Å². The van der Waals surface area contributed by atoms with Gasteiger partial charge in [0.15, 0.2) is 5.78 Å². The van der Waals surface area contributed by atoms with Crippen LogP contribution in [0.5, 0.6) is 5.75 Å². The average molecular weight is 525 g/mol. The molecule has 1 amide bonds. The molecule has 0 saturated heterocycles. The van der Waals surface area contributed by atoms with E-state index in [2.05, 4.69) is 0 Å². The van der Waals surface area contributed by atoms with Crippen molar-refractivity contribution in [1.29, 1.82) is 0 Å². The predicted octanol–water partition coefficient (Wildman–Crippen LogP) is 4.46. The van der Waals surface area contributed by atoms with Crippen molar-refractivity contribution in [3.05, 3.63) is 100 Å². The highest BCUT2D eigenvalue weighted by Gasteiger charge is 2.24. The molecule has 3 aromatic carbocycles. The van der Waals surface area contributed by atoms with E-state index in [-0.39, 0.29) is 55.4 Å². The van der Waals surface area contributed by atoms with Crippen LogP contribution in [0.4, 0.5) is 8.78 Å². The van der Waals surface area contributed by atoms with Crippen molar-refractivity contribution in [2.75, 3.05) is 6.54 Å². The Morgan fingerprint density at radius 2 is 1.63 bits per heavy atom. The highest BCUT2D eigenvalue weighted by molar-refractivity contribution is 6.00. The van der Waals surface area contributed by atoms with Crippen LogP contribution < -0.4 is 5.73 Å². The first-order chi connectivity index (χ1) is 18.0. The minimum Gasteiger partial charge on any atom is -0.507 e. The average Bonchev–Trinajstić information content (AvgIpc) is 2.87. The van der Waals surface area contributed by atoms with Gasteiger partial charge >= 0.3 is 0 Å². The van der Waals surface area contributed by atoms with E-state index in [1.807, 2.05) is 31.2 Å². The molecule has 0 aliphatic heterocycles. The van der Waals surface area contributed by atoms with E-state index < -0.39 is 23.8 Å². The van der Waals surface area contributed by atoms with Crippen molar-refractivity contribution in [3.8, 4) is 5.75 Å². The molecule has 0 saturated carbocycles. The lowest BCUT2D eigenvalue weighted by molar-refractivity contribution is -0.133. The second-order valence-electron chi connectivity index (χ2n) is 9.60. The van der Waals surface area contributed by atoms with Gasteiger partial charge in [-0.1, -0.05) is 42.8 Å². The molecule has 0 aliphatic rings. The topological polar surface area (TPSA) is 104 Å². The number of benzene rings is 3. The summed E-state index contributed by atoms with van der Waals surface area (Å²) in [6.07, 6.45) is -0.610. The van der Waals surface area contributed by atoms with Crippen LogP contribution in [0, 0.1) is 18.6 Å². The molecule has 0 heterocycles. The van der Waals surface area contributed by atoms with Crippen LogP contribution in [0.2, 0.25) is 0 Å². The quantitative estimate of drug-likeness (QED) is 0.304. The number of aliphatic hydroxyl groups excluding tert-OH is 1. The van der Waals surface area contributed by atoms with Gasteiger partial charge in [-0.25, -0.2) is 8.78 Å². The maximum atomic E-state index is 13.6. The number of carbonyl (C=O) groups is 2. The zero-order valence-electron chi connectivity index (χ0n) is 21.7. The molecule has 6 nitrogen and oxygen atoms in total. The minimum atomic E-state index is -1.18. The summed E-state index contributed by atoms with van der Waals surface area (Å²) in [5, 5.41) is 20.9. The number of nitrogens with two attached hydrogens (primary N) is 1. The molecule has 0 unspecified atom stereocenters. The van der Waals surface area contributed by atoms with Crippen LogP contribution in [-0.2, 0) is 24.2 Å². The molecule has 0 fully saturated rings. The van der Waals surface area contributed by atoms with Gasteiger partial charge < -0.3 is 20.8 Å². The summed E-state index contributed by atoms with van der Waals surface area (Å²) < 4.78 is 27.2. The summed E-state index contributed by atoms with van der Waals surface area (Å²) in [5.74, 6) is -2.35. The smallest absolute Gasteiger partial charge is 0.223 e. The number of amides is 1. The lowest BCUT2D eigenvalue weighted by Crippen LogP contribution is -2.46. The van der Waals surface area contributed by atoms with Crippen LogP contribution in [-0.4, -0.2) is 45.5 Å². The Hall–Kier alpha value is -3.62. The highest BCUT2D eigenvalue weighted by atomic mass is 19.1. The molecular formula is C30H34F2N2O4. The molecule has 0 spiro atoms. The number of hydrogen-bond acceptors (Lipinski definition) is 5. The number of halogens is 2. The maximum absolute atomic E-state index is 13.6. The molecule has 2 atom stereocenters. The van der Waals surface area contributed by atoms with Crippen molar-refractivity contribution in [2.45, 2.75) is 58.2 Å². The fraction of sp³-hybridized carbons (Fsp3) is 0.333. The molecule has 0 aliphatic carbocycles. The van der Waals surface area contributed by atoms with Crippen LogP contribution in [0.15, 0.2) is 60.7 Å². The Morgan fingerprint density at radius 1 is 0.947 bits per heavy atom. The van der Waals surface area contributed by atoms with Gasteiger partial charge in [0, 0.05) is 38.0 Å². The third kappa shape index (κ3) is 8.19. The van der Waals surface area contributed by atoms with Crippen molar-refractivity contribution >= 4 is 11.7 Å². The first-order valence-corrected chi connectivity index (χ1v) is 12.6. The number of carbonyl (C=O) groups excluding carboxylic acids is 2. The monoisotopic (exact) mass is 524 g/mol. The number of nitrogens with zero attached hydrogens (tertiary/aromatic N) is 1. The lowest BCUT2D eigenvalue weighted by Gasteiger charge is -2.28. The van der Waals surface area contributed by atoms with Crippen molar-refractivity contribution in [1.82, 2.24) is 4.90 Å². The first-order valence-electron chi connectivity index (χ1n) is 12.6. The number of rotatable bonds is 12. The van der Waals surface area contributed by atoms with Gasteiger partial charge in [-0.05, 0) is 60.7 Å². The summed E-state index contributed by atoms with van der Waals surface area (Å²) >= 11 is 0. The molecule has 0 radical (unpaired) electrons. The zero-order chi connectivity index (χ0) is 27.8. The highest BCUT2D eigenvalue weighted by Crippen LogP contribution is 2.21. The van der Waals surface area contributed by atoms with Gasteiger partial charge in [0.25, 0.3) is 0 Å². The maximum Gasteiger partial charge on any atom is 0.223 e. The summed E-state index contributed by atoms with van der Waals surface area (Å²) in [4.78, 5) is 27.4. The van der Waals surface area contributed by atoms with Crippen LogP contribution >= 0.6 is 0 Å². The second-order valence-corrected chi connectivity index (χ2v) is 9.60. The normalized spacial score (nSPS) is 12.7. The predicted molar refractivity (Wildman–Crippen MR) is 142 cm³/mol. The molecule has 8 heteroatoms. The van der Waals surface area contributed by atoms with Crippen LogP contribution in [0.25, 0.3) is 0 Å². The van der Waals surface area contributed by atoms with Gasteiger partial charge in [0.05, 0.1) is 11.7 Å². The molecule has 4 N–H and O–H groups in total. The molecule has 0 bridgehead atoms. The summed E-state index contributed by atoms with van der Waals surface area (Å²) in [7, 11) is 0. The number of aromatic hydroxyl groups is 1. The Labute approximate surface area is 221 Å². The third-order valence-electron chi connectivity index (χ3n) is 6.44. The minimum absolute atomic E-state index is 0.00825. The Morgan fingerprint density at radius 3 is 2.32 bits per heavy atom. The van der Waals surface area contributed by atoms with E-state index in [0.717, 1.165) is 41.3 Å². The Balaban J connectivity index is 1.73. The van der Waals surface area contributed by atoms with Gasteiger partial charge in [-0.2, -0.15) is 0 Å². The van der Waals surface area contributed by atoms with Crippen molar-refractivity contribution < 1.29 is 28.6 Å². The molecular weight excluding hydrogens is 490 g/mol. The third-order valence-corrected chi connectivity index (χ3v) is 6.44. The van der Waals surface area contributed by atoms with E-state index in [1.165, 1.54) is 11.0 Å². The molecule has 0 aromatic heterocycles. The molecule has 3 rings (SSSR count). The van der Waals surface area contributed by atoms with Gasteiger partial charge in [0.2, 0.25) is 5.91 Å². The van der Waals surface area contributed by atoms with Gasteiger partial charge in [0.1, 0.15) is 17.4 Å². The number of Topliss-reactive ketones (excluding diaryl/α,β-unsaturated/α-hetero) is 1. The van der Waals surface area contributed by atoms with Crippen molar-refractivity contribution in [2.24, 2.45) is 5.73 Å². The molecule has 38 heavy (non-hydrogen) atoms. The largest absolute Gasteiger partial charge is 0.507 e. The zero-order valence-corrected chi connectivity index (χ0v) is 21.7. The number of phenolic OH excluding ortho intramolecular Hbond substituents is 1. The van der Waals surface area contributed by atoms with Crippen molar-refractivity contribution in [3.63, 3.8) is 0 Å². The van der Waals surface area contributed by atoms with E-state index in [9.17, 15) is 28.6 Å². The lowest BCUT2D eigenvalue weighted by atomic mass is 10.0. The Kier molecular flexibility index (Phi) is 10.1. The molecule has 202 valence electrons. The number of aryl methyl sites for hydroxylation is 2. The summed E-state index contributed by atoms with van der Waals surface area (Å²) in [6.45, 7) is 3.88. The summed E-state index contributed by atoms with van der Waals surface area (Å²) in [5.41, 5.74) is 9.36. The number of hydrogen-bond donors (Lipinski definition) is 3. The number of ketones is 1. The van der Waals surface area contributed by atoms with E-state index in [4.69, 9.17) is 5.73 Å². The van der Waals surface area contributed by atoms with E-state index >= 15 is 0 Å². The number of phenols is 1. The van der Waals surface area contributed by atoms with Gasteiger partial charge in [-0.15, -0.1) is 0 Å². The standard InChI is InChI=1S/C30H34F2N2O4/c1-3-20-5-4-6-21(12-20)17-34(18-29(37)26(33)15-22-13-23(31)16-24(32)14-22)30(38)10-9-28(36)25-11-19(2)7-8-27(25)35/h4-8,11-14,16,26,29,35,37H,3,9-10,15,17-18,33H2,1-2H3/t26-,29+/m0/s1. The molecule has 3 aromatic rings. The SMILES string of the molecule is CCc1cccc(CN(C[C@@H](O)[C@@H](N)Cc2cc(F)cc(F)c2)C(=O)CCC(=O)c2cc(C)ccc2O)c1. The van der Waals surface area contributed by atoms with E-state index in [0.29, 0.717) is 5.56 Å². The fourth-order valence-electron chi connectivity index (χ4n) is 4.31.